The normalized spacial score (nSPS) is 10.5. The first-order chi connectivity index (χ1) is 8.00. The van der Waals surface area contributed by atoms with Gasteiger partial charge >= 0.3 is 0 Å². The predicted molar refractivity (Wildman–Crippen MR) is 76.1 cm³/mol. The molecule has 0 atom stereocenters. The molecule has 17 heavy (non-hydrogen) atoms. The van der Waals surface area contributed by atoms with E-state index in [2.05, 4.69) is 15.9 Å². The summed E-state index contributed by atoms with van der Waals surface area (Å²) in [6, 6.07) is 6.87. The Bertz CT molecular complexity index is 574. The average Bonchev–Trinajstić information content (AvgIpc) is 2.57. The third-order valence-electron chi connectivity index (χ3n) is 2.41. The lowest BCUT2D eigenvalue weighted by molar-refractivity contribution is 0.103. The number of hydrogen-bond donors (Lipinski definition) is 1. The molecule has 0 unspecified atom stereocenters. The fourth-order valence-electron chi connectivity index (χ4n) is 1.59. The number of benzene rings is 1. The second-order valence-electron chi connectivity index (χ2n) is 3.55. The molecule has 5 heteroatoms. The smallest absolute Gasteiger partial charge is 0.197 e. The first-order valence-electron chi connectivity index (χ1n) is 4.85. The van der Waals surface area contributed by atoms with Gasteiger partial charge in [0.05, 0.1) is 14.4 Å². The molecular formula is C12H9BrClNOS. The number of aryl methyl sites for hydroxylation is 1. The number of hydrogen-bond acceptors (Lipinski definition) is 3. The molecule has 0 fully saturated rings. The Kier molecular flexibility index (Phi) is 3.56. The first kappa shape index (κ1) is 12.6. The van der Waals surface area contributed by atoms with E-state index in [4.69, 9.17) is 17.3 Å². The summed E-state index contributed by atoms with van der Waals surface area (Å²) in [7, 11) is 0. The molecule has 0 saturated heterocycles. The predicted octanol–water partition coefficient (Wildman–Crippen LogP) is 4.29. The van der Waals surface area contributed by atoms with E-state index in [0.29, 0.717) is 21.8 Å². The molecule has 0 radical (unpaired) electrons. The molecule has 0 amide bonds. The molecular weight excluding hydrogens is 322 g/mol. The van der Waals surface area contributed by atoms with Crippen LogP contribution in [0.3, 0.4) is 0 Å². The maximum absolute atomic E-state index is 12.3. The number of anilines is 1. The Morgan fingerprint density at radius 3 is 2.71 bits per heavy atom. The van der Waals surface area contributed by atoms with Crippen molar-refractivity contribution < 1.29 is 4.79 Å². The lowest BCUT2D eigenvalue weighted by Gasteiger charge is -2.06. The van der Waals surface area contributed by atoms with Crippen LogP contribution in [0, 0.1) is 6.92 Å². The van der Waals surface area contributed by atoms with Gasteiger partial charge in [0.15, 0.2) is 5.78 Å². The van der Waals surface area contributed by atoms with Gasteiger partial charge in [0.1, 0.15) is 0 Å². The molecule has 0 bridgehead atoms. The van der Waals surface area contributed by atoms with Gasteiger partial charge in [0.2, 0.25) is 0 Å². The number of nitrogens with two attached hydrogens (primary N) is 1. The van der Waals surface area contributed by atoms with Crippen molar-refractivity contribution in [1.82, 2.24) is 0 Å². The van der Waals surface area contributed by atoms with Crippen molar-refractivity contribution in [3.63, 3.8) is 0 Å². The molecule has 0 aliphatic carbocycles. The Balaban J connectivity index is 2.55. The topological polar surface area (TPSA) is 43.1 Å². The number of carbonyl (C=O) groups is 1. The second-order valence-corrected chi connectivity index (χ2v) is 6.60. The van der Waals surface area contributed by atoms with Gasteiger partial charge in [-0.25, -0.2) is 0 Å². The van der Waals surface area contributed by atoms with Gasteiger partial charge in [-0.3, -0.25) is 4.79 Å². The van der Waals surface area contributed by atoms with Crippen molar-refractivity contribution in [2.75, 3.05) is 5.73 Å². The minimum Gasteiger partial charge on any atom is -0.398 e. The summed E-state index contributed by atoms with van der Waals surface area (Å²) in [5.41, 5.74) is 7.23. The number of halogens is 2. The molecule has 2 N–H and O–H groups in total. The monoisotopic (exact) mass is 329 g/mol. The van der Waals surface area contributed by atoms with Gasteiger partial charge in [-0.1, -0.05) is 17.7 Å². The summed E-state index contributed by atoms with van der Waals surface area (Å²) < 4.78 is 0.920. The molecule has 2 nitrogen and oxygen atoms in total. The highest BCUT2D eigenvalue weighted by Crippen LogP contribution is 2.31. The fraction of sp³-hybridized carbons (Fsp3) is 0.0833. The summed E-state index contributed by atoms with van der Waals surface area (Å²) in [6.45, 7) is 1.90. The second kappa shape index (κ2) is 4.80. The highest BCUT2D eigenvalue weighted by atomic mass is 79.9. The summed E-state index contributed by atoms with van der Waals surface area (Å²) in [5.74, 6) is -0.132. The van der Waals surface area contributed by atoms with E-state index in [1.165, 1.54) is 11.3 Å². The Morgan fingerprint density at radius 2 is 2.18 bits per heavy atom. The van der Waals surface area contributed by atoms with Crippen LogP contribution in [-0.4, -0.2) is 5.78 Å². The standard InChI is InChI=1S/C12H9BrClNOS/c1-6-7(5-10(13)17-6)12(16)11-8(14)3-2-4-9(11)15/h2-5H,15H2,1H3. The zero-order valence-corrected chi connectivity index (χ0v) is 12.1. The van der Waals surface area contributed by atoms with Crippen LogP contribution in [0.5, 0.6) is 0 Å². The maximum atomic E-state index is 12.3. The number of ketones is 1. The summed E-state index contributed by atoms with van der Waals surface area (Å²) >= 11 is 10.9. The Labute approximate surface area is 117 Å². The zero-order chi connectivity index (χ0) is 12.6. The number of rotatable bonds is 2. The largest absolute Gasteiger partial charge is 0.398 e. The van der Waals surface area contributed by atoms with Crippen LogP contribution < -0.4 is 5.73 Å². The molecule has 2 aromatic rings. The lowest BCUT2D eigenvalue weighted by Crippen LogP contribution is -2.06. The lowest BCUT2D eigenvalue weighted by atomic mass is 10.0. The number of thiophene rings is 1. The van der Waals surface area contributed by atoms with Gasteiger partial charge in [0.25, 0.3) is 0 Å². The van der Waals surface area contributed by atoms with E-state index >= 15 is 0 Å². The van der Waals surface area contributed by atoms with Crippen LogP contribution in [-0.2, 0) is 0 Å². The van der Waals surface area contributed by atoms with Crippen molar-refractivity contribution in [2.24, 2.45) is 0 Å². The van der Waals surface area contributed by atoms with E-state index in [9.17, 15) is 4.79 Å². The molecule has 1 aromatic heterocycles. The fourth-order valence-corrected chi connectivity index (χ4v) is 3.54. The molecule has 0 aliphatic rings. The van der Waals surface area contributed by atoms with Gasteiger partial charge in [-0.2, -0.15) is 0 Å². The van der Waals surface area contributed by atoms with Gasteiger partial charge in [-0.05, 0) is 41.1 Å². The van der Waals surface area contributed by atoms with Crippen molar-refractivity contribution in [3.05, 3.63) is 49.1 Å². The molecule has 0 spiro atoms. The van der Waals surface area contributed by atoms with Gasteiger partial charge in [-0.15, -0.1) is 11.3 Å². The van der Waals surface area contributed by atoms with E-state index < -0.39 is 0 Å². The summed E-state index contributed by atoms with van der Waals surface area (Å²) in [4.78, 5) is 13.3. The first-order valence-corrected chi connectivity index (χ1v) is 6.84. The molecule has 2 rings (SSSR count). The third-order valence-corrected chi connectivity index (χ3v) is 4.27. The molecule has 1 heterocycles. The van der Waals surface area contributed by atoms with Crippen LogP contribution in [0.15, 0.2) is 28.1 Å². The minimum atomic E-state index is -0.132. The van der Waals surface area contributed by atoms with E-state index in [-0.39, 0.29) is 5.78 Å². The van der Waals surface area contributed by atoms with Crippen LogP contribution in [0.25, 0.3) is 0 Å². The maximum Gasteiger partial charge on any atom is 0.197 e. The molecule has 88 valence electrons. The minimum absolute atomic E-state index is 0.132. The van der Waals surface area contributed by atoms with Crippen molar-refractivity contribution in [3.8, 4) is 0 Å². The Morgan fingerprint density at radius 1 is 1.47 bits per heavy atom. The van der Waals surface area contributed by atoms with Crippen molar-refractivity contribution in [1.29, 1.82) is 0 Å². The van der Waals surface area contributed by atoms with Gasteiger partial charge < -0.3 is 5.73 Å². The Hall–Kier alpha value is -0.840. The number of nitrogen functional groups attached to an aromatic ring is 1. The number of carbonyl (C=O) groups excluding carboxylic acids is 1. The highest BCUT2D eigenvalue weighted by Gasteiger charge is 2.19. The van der Waals surface area contributed by atoms with Gasteiger partial charge in [0, 0.05) is 16.1 Å². The average molecular weight is 331 g/mol. The van der Waals surface area contributed by atoms with E-state index in [0.717, 1.165) is 8.66 Å². The van der Waals surface area contributed by atoms with Crippen LogP contribution in [0.1, 0.15) is 20.8 Å². The SMILES string of the molecule is Cc1sc(Br)cc1C(=O)c1c(N)cccc1Cl. The quantitative estimate of drug-likeness (QED) is 0.659. The van der Waals surface area contributed by atoms with Crippen LogP contribution >= 0.6 is 38.9 Å². The van der Waals surface area contributed by atoms with Crippen molar-refractivity contribution >= 4 is 50.3 Å². The van der Waals surface area contributed by atoms with E-state index in [1.807, 2.05) is 6.92 Å². The van der Waals surface area contributed by atoms with Crippen LogP contribution in [0.2, 0.25) is 5.02 Å². The molecule has 1 aromatic carbocycles. The van der Waals surface area contributed by atoms with E-state index in [1.54, 1.807) is 24.3 Å². The summed E-state index contributed by atoms with van der Waals surface area (Å²) in [5, 5.41) is 0.386. The van der Waals surface area contributed by atoms with Crippen LogP contribution in [0.4, 0.5) is 5.69 Å². The third kappa shape index (κ3) is 2.39. The zero-order valence-electron chi connectivity index (χ0n) is 8.96. The highest BCUT2D eigenvalue weighted by molar-refractivity contribution is 9.11. The molecule has 0 saturated carbocycles. The molecule has 0 aliphatic heterocycles. The van der Waals surface area contributed by atoms with Crippen molar-refractivity contribution in [2.45, 2.75) is 6.92 Å². The summed E-state index contributed by atoms with van der Waals surface area (Å²) in [6.07, 6.45) is 0.